The van der Waals surface area contributed by atoms with E-state index >= 15 is 0 Å². The second-order valence-electron chi connectivity index (χ2n) is 9.90. The van der Waals surface area contributed by atoms with Crippen LogP contribution >= 0.6 is 22.6 Å². The first-order valence-corrected chi connectivity index (χ1v) is 16.2. The molecule has 0 aliphatic rings. The van der Waals surface area contributed by atoms with Crippen LogP contribution in [-0.2, 0) is 23.0 Å². The van der Waals surface area contributed by atoms with Gasteiger partial charge in [-0.2, -0.15) is 18.3 Å². The van der Waals surface area contributed by atoms with Crippen LogP contribution in [0.1, 0.15) is 18.1 Å². The molecule has 0 saturated heterocycles. The molecule has 2 aromatic heterocycles. The van der Waals surface area contributed by atoms with Gasteiger partial charge in [-0.15, -0.1) is 0 Å². The van der Waals surface area contributed by atoms with Gasteiger partial charge in [0.05, 0.1) is 36.6 Å². The molecule has 0 unspecified atom stereocenters. The van der Waals surface area contributed by atoms with Crippen molar-refractivity contribution in [1.29, 1.82) is 0 Å². The molecule has 2 heterocycles. The molecule has 2 N–H and O–H groups in total. The number of aromatic amines is 1. The quantitative estimate of drug-likeness (QED) is 0.112. The zero-order valence-corrected chi connectivity index (χ0v) is 27.6. The molecule has 16 heteroatoms. The third kappa shape index (κ3) is 6.81. The van der Waals surface area contributed by atoms with E-state index in [0.717, 1.165) is 19.2 Å². The zero-order chi connectivity index (χ0) is 33.2. The number of hydrogen-bond acceptors (Lipinski definition) is 8. The van der Waals surface area contributed by atoms with Gasteiger partial charge in [0.15, 0.2) is 23.0 Å². The van der Waals surface area contributed by atoms with Crippen LogP contribution < -0.4 is 19.1 Å². The fraction of sp³-hybridized carbons (Fsp3) is 0.233. The number of halogens is 5. The van der Waals surface area contributed by atoms with Gasteiger partial charge in [-0.05, 0) is 83.1 Å². The fourth-order valence-electron chi connectivity index (χ4n) is 4.91. The molecule has 0 fully saturated rings. The second-order valence-corrected chi connectivity index (χ2v) is 12.8. The molecule has 0 bridgehead atoms. The Labute approximate surface area is 275 Å². The van der Waals surface area contributed by atoms with Crippen molar-refractivity contribution in [3.05, 3.63) is 81.3 Å². The van der Waals surface area contributed by atoms with Crippen molar-refractivity contribution in [3.8, 4) is 22.9 Å². The standard InChI is InChI=1S/C30H27F4IN6O4S/c1-4-41(46(42,43)20-8-6-5-7-9-20)23-11-10-19(44-2)12-18(23)16-36-28-25-26(35)39-40-29(25)38-27(37-28)21-14-22(31)24(45-3)13-17(21)15-30(32,33)34/h5-14H,4,15-16H2,1-3H3,(H2,36,37,38,39,40). The Morgan fingerprint density at radius 1 is 1.00 bits per heavy atom. The smallest absolute Gasteiger partial charge is 0.393 e. The average molecular weight is 771 g/mol. The largest absolute Gasteiger partial charge is 0.497 e. The van der Waals surface area contributed by atoms with Crippen molar-refractivity contribution in [2.75, 3.05) is 30.4 Å². The van der Waals surface area contributed by atoms with Gasteiger partial charge in [0.25, 0.3) is 10.0 Å². The molecule has 5 aromatic rings. The molecular weight excluding hydrogens is 743 g/mol. The van der Waals surface area contributed by atoms with E-state index < -0.39 is 28.4 Å². The number of sulfonamides is 1. The van der Waals surface area contributed by atoms with E-state index in [4.69, 9.17) is 9.47 Å². The number of alkyl halides is 3. The zero-order valence-electron chi connectivity index (χ0n) is 24.6. The van der Waals surface area contributed by atoms with Crippen LogP contribution in [0, 0.1) is 9.52 Å². The minimum absolute atomic E-state index is 0.00649. The lowest BCUT2D eigenvalue weighted by molar-refractivity contribution is -0.127. The van der Waals surface area contributed by atoms with E-state index in [9.17, 15) is 26.0 Å². The Morgan fingerprint density at radius 3 is 2.39 bits per heavy atom. The highest BCUT2D eigenvalue weighted by molar-refractivity contribution is 14.1. The van der Waals surface area contributed by atoms with Crippen LogP contribution in [0.5, 0.6) is 11.5 Å². The number of fused-ring (bicyclic) bond motifs is 1. The molecule has 242 valence electrons. The molecule has 3 aromatic carbocycles. The number of methoxy groups -OCH3 is 2. The van der Waals surface area contributed by atoms with Gasteiger partial charge < -0.3 is 14.8 Å². The minimum atomic E-state index is -4.61. The number of H-pyrrole nitrogens is 1. The summed E-state index contributed by atoms with van der Waals surface area (Å²) in [7, 11) is -1.31. The number of nitrogens with one attached hydrogen (secondary N) is 2. The van der Waals surface area contributed by atoms with Crippen molar-refractivity contribution in [1.82, 2.24) is 20.2 Å². The van der Waals surface area contributed by atoms with E-state index in [1.807, 2.05) is 22.6 Å². The summed E-state index contributed by atoms with van der Waals surface area (Å²) in [5.74, 6) is -0.791. The van der Waals surface area contributed by atoms with Crippen LogP contribution in [0.3, 0.4) is 0 Å². The molecule has 0 atom stereocenters. The van der Waals surface area contributed by atoms with E-state index in [1.54, 1.807) is 43.3 Å². The predicted octanol–water partition coefficient (Wildman–Crippen LogP) is 6.71. The molecule has 0 spiro atoms. The van der Waals surface area contributed by atoms with Crippen LogP contribution in [0.2, 0.25) is 0 Å². The van der Waals surface area contributed by atoms with Crippen LogP contribution in [-0.4, -0.2) is 55.5 Å². The minimum Gasteiger partial charge on any atom is -0.497 e. The number of aromatic nitrogens is 4. The van der Waals surface area contributed by atoms with E-state index in [0.29, 0.717) is 26.1 Å². The number of benzene rings is 3. The van der Waals surface area contributed by atoms with Crippen LogP contribution in [0.25, 0.3) is 22.4 Å². The van der Waals surface area contributed by atoms with Crippen molar-refractivity contribution in [3.63, 3.8) is 0 Å². The molecule has 46 heavy (non-hydrogen) atoms. The van der Waals surface area contributed by atoms with E-state index in [2.05, 4.69) is 25.5 Å². The van der Waals surface area contributed by atoms with E-state index in [-0.39, 0.29) is 52.2 Å². The predicted molar refractivity (Wildman–Crippen MR) is 173 cm³/mol. The van der Waals surface area contributed by atoms with Gasteiger partial charge in [0, 0.05) is 18.7 Å². The van der Waals surface area contributed by atoms with E-state index in [1.165, 1.54) is 23.5 Å². The summed E-state index contributed by atoms with van der Waals surface area (Å²) in [4.78, 5) is 8.99. The van der Waals surface area contributed by atoms with Crippen molar-refractivity contribution < 1.29 is 35.5 Å². The summed E-state index contributed by atoms with van der Waals surface area (Å²) < 4.78 is 94.8. The lowest BCUT2D eigenvalue weighted by atomic mass is 10.0. The number of ether oxygens (including phenoxy) is 2. The fourth-order valence-corrected chi connectivity index (χ4v) is 7.07. The molecule has 0 saturated carbocycles. The summed E-state index contributed by atoms with van der Waals surface area (Å²) in [5.41, 5.74) is 0.611. The third-order valence-electron chi connectivity index (χ3n) is 7.00. The first-order chi connectivity index (χ1) is 21.9. The highest BCUT2D eigenvalue weighted by Gasteiger charge is 2.31. The summed E-state index contributed by atoms with van der Waals surface area (Å²) in [6, 6.07) is 14.8. The highest BCUT2D eigenvalue weighted by Crippen LogP contribution is 2.36. The second kappa shape index (κ2) is 13.3. The van der Waals surface area contributed by atoms with Crippen LogP contribution in [0.15, 0.2) is 65.6 Å². The summed E-state index contributed by atoms with van der Waals surface area (Å²) in [6.07, 6.45) is -5.99. The molecular formula is C30H27F4IN6O4S. The van der Waals surface area contributed by atoms with Crippen molar-refractivity contribution in [2.24, 2.45) is 0 Å². The molecule has 0 aliphatic carbocycles. The Morgan fingerprint density at radius 2 is 1.74 bits per heavy atom. The van der Waals surface area contributed by atoms with Gasteiger partial charge in [-0.1, -0.05) is 18.2 Å². The summed E-state index contributed by atoms with van der Waals surface area (Å²) >= 11 is 1.96. The SMILES string of the molecule is CCN(c1ccc(OC)cc1CNc1nc(-c2cc(F)c(OC)cc2CC(F)(F)F)nc2[nH]nc(I)c12)S(=O)(=O)c1ccccc1. The first kappa shape index (κ1) is 33.2. The maximum Gasteiger partial charge on any atom is 0.393 e. The number of nitrogens with zero attached hydrogens (tertiary/aromatic N) is 4. The lowest BCUT2D eigenvalue weighted by Gasteiger charge is -2.26. The van der Waals surface area contributed by atoms with Crippen LogP contribution in [0.4, 0.5) is 29.1 Å². The Bertz CT molecular complexity index is 1990. The van der Waals surface area contributed by atoms with Gasteiger partial charge in [0.1, 0.15) is 15.3 Å². The summed E-state index contributed by atoms with van der Waals surface area (Å²) in [5, 5.41) is 10.5. The topological polar surface area (TPSA) is 122 Å². The van der Waals surface area contributed by atoms with Gasteiger partial charge in [-0.3, -0.25) is 9.40 Å². The monoisotopic (exact) mass is 770 g/mol. The number of rotatable bonds is 11. The number of anilines is 2. The Balaban J connectivity index is 1.60. The highest BCUT2D eigenvalue weighted by atomic mass is 127. The van der Waals surface area contributed by atoms with Gasteiger partial charge in [0.2, 0.25) is 0 Å². The summed E-state index contributed by atoms with van der Waals surface area (Å²) in [6.45, 7) is 1.83. The maximum atomic E-state index is 14.8. The van der Waals surface area contributed by atoms with Gasteiger partial charge >= 0.3 is 6.18 Å². The first-order valence-electron chi connectivity index (χ1n) is 13.7. The molecule has 10 nitrogen and oxygen atoms in total. The molecule has 0 aliphatic heterocycles. The molecule has 0 amide bonds. The van der Waals surface area contributed by atoms with Crippen molar-refractivity contribution in [2.45, 2.75) is 31.0 Å². The lowest BCUT2D eigenvalue weighted by Crippen LogP contribution is -2.31. The van der Waals surface area contributed by atoms with Gasteiger partial charge in [-0.25, -0.2) is 22.8 Å². The number of hydrogen-bond donors (Lipinski definition) is 2. The molecule has 0 radical (unpaired) electrons. The molecule has 5 rings (SSSR count). The average Bonchev–Trinajstić information content (AvgIpc) is 3.41. The maximum absolute atomic E-state index is 14.8. The Hall–Kier alpha value is -4.19. The normalized spacial score (nSPS) is 11.9. The Kier molecular flexibility index (Phi) is 9.57. The van der Waals surface area contributed by atoms with Crippen molar-refractivity contribution >= 4 is 55.2 Å². The third-order valence-corrected chi connectivity index (χ3v) is 9.69.